The van der Waals surface area contributed by atoms with Crippen LogP contribution in [0, 0.1) is 0 Å². The Labute approximate surface area is 157 Å². The SMILES string of the molecule is COc1ccc2cc(C(=O)NCc3nc4ncc(Br)cc4[nH]3)cnc2c1. The molecular weight excluding hydrogens is 398 g/mol. The van der Waals surface area contributed by atoms with Crippen molar-refractivity contribution in [2.45, 2.75) is 6.54 Å². The van der Waals surface area contributed by atoms with Crippen LogP contribution in [0.15, 0.2) is 47.2 Å². The number of halogens is 1. The number of H-pyrrole nitrogens is 1. The highest BCUT2D eigenvalue weighted by Gasteiger charge is 2.10. The van der Waals surface area contributed by atoms with Crippen LogP contribution in [0.25, 0.3) is 22.1 Å². The van der Waals surface area contributed by atoms with Gasteiger partial charge in [0.25, 0.3) is 5.91 Å². The Morgan fingerprint density at radius 2 is 2.12 bits per heavy atom. The average Bonchev–Trinajstić information content (AvgIpc) is 3.07. The molecule has 1 amide bonds. The van der Waals surface area contributed by atoms with Gasteiger partial charge in [0.15, 0.2) is 5.65 Å². The molecule has 8 heteroatoms. The van der Waals surface area contributed by atoms with Crippen molar-refractivity contribution in [2.75, 3.05) is 7.11 Å². The van der Waals surface area contributed by atoms with Crippen LogP contribution in [0.2, 0.25) is 0 Å². The molecule has 1 aromatic carbocycles. The third kappa shape index (κ3) is 3.23. The molecule has 0 radical (unpaired) electrons. The minimum atomic E-state index is -0.218. The van der Waals surface area contributed by atoms with Crippen LogP contribution in [-0.4, -0.2) is 33.0 Å². The van der Waals surface area contributed by atoms with Crippen LogP contribution < -0.4 is 10.1 Å². The summed E-state index contributed by atoms with van der Waals surface area (Å²) in [5, 5.41) is 3.71. The van der Waals surface area contributed by atoms with Gasteiger partial charge in [-0.05, 0) is 40.2 Å². The molecule has 0 saturated carbocycles. The number of benzene rings is 1. The number of methoxy groups -OCH3 is 1. The number of fused-ring (bicyclic) bond motifs is 2. The van der Waals surface area contributed by atoms with Gasteiger partial charge in [-0.25, -0.2) is 9.97 Å². The zero-order valence-electron chi connectivity index (χ0n) is 13.8. The van der Waals surface area contributed by atoms with Crippen molar-refractivity contribution in [1.29, 1.82) is 0 Å². The van der Waals surface area contributed by atoms with E-state index in [0.29, 0.717) is 17.0 Å². The molecular formula is C18H14BrN5O2. The average molecular weight is 412 g/mol. The predicted octanol–water partition coefficient (Wildman–Crippen LogP) is 3.21. The number of carbonyl (C=O) groups is 1. The Morgan fingerprint density at radius 3 is 2.96 bits per heavy atom. The normalized spacial score (nSPS) is 11.0. The summed E-state index contributed by atoms with van der Waals surface area (Å²) in [5.74, 6) is 1.15. The molecule has 0 bridgehead atoms. The molecule has 0 atom stereocenters. The Balaban J connectivity index is 1.50. The highest BCUT2D eigenvalue weighted by molar-refractivity contribution is 9.10. The molecule has 3 aromatic heterocycles. The number of hydrogen-bond donors (Lipinski definition) is 2. The van der Waals surface area contributed by atoms with Crippen molar-refractivity contribution in [2.24, 2.45) is 0 Å². The van der Waals surface area contributed by atoms with Crippen LogP contribution in [-0.2, 0) is 6.54 Å². The first-order chi connectivity index (χ1) is 12.6. The molecule has 0 saturated heterocycles. The molecule has 2 N–H and O–H groups in total. The number of nitrogens with one attached hydrogen (secondary N) is 2. The Morgan fingerprint density at radius 1 is 1.23 bits per heavy atom. The summed E-state index contributed by atoms with van der Waals surface area (Å²) in [7, 11) is 1.61. The zero-order valence-corrected chi connectivity index (χ0v) is 15.4. The van der Waals surface area contributed by atoms with E-state index in [0.717, 1.165) is 26.6 Å². The molecule has 0 aliphatic heterocycles. The van der Waals surface area contributed by atoms with E-state index in [4.69, 9.17) is 4.74 Å². The maximum Gasteiger partial charge on any atom is 0.253 e. The van der Waals surface area contributed by atoms with E-state index >= 15 is 0 Å². The lowest BCUT2D eigenvalue weighted by atomic mass is 10.1. The van der Waals surface area contributed by atoms with Crippen molar-refractivity contribution in [3.8, 4) is 5.75 Å². The van der Waals surface area contributed by atoms with Crippen molar-refractivity contribution in [1.82, 2.24) is 25.3 Å². The van der Waals surface area contributed by atoms with E-state index in [1.807, 2.05) is 24.3 Å². The van der Waals surface area contributed by atoms with Gasteiger partial charge in [0.1, 0.15) is 11.6 Å². The fourth-order valence-electron chi connectivity index (χ4n) is 2.63. The maximum absolute atomic E-state index is 12.4. The molecule has 26 heavy (non-hydrogen) atoms. The summed E-state index contributed by atoms with van der Waals surface area (Å²) in [5.41, 5.74) is 2.68. The topological polar surface area (TPSA) is 92.8 Å². The van der Waals surface area contributed by atoms with Crippen LogP contribution in [0.3, 0.4) is 0 Å². The third-order valence-corrected chi connectivity index (χ3v) is 4.36. The number of carbonyl (C=O) groups excluding carboxylic acids is 1. The van der Waals surface area contributed by atoms with E-state index in [1.165, 1.54) is 0 Å². The summed E-state index contributed by atoms with van der Waals surface area (Å²) in [6.07, 6.45) is 3.23. The molecule has 0 aliphatic carbocycles. The van der Waals surface area contributed by atoms with Gasteiger partial charge in [-0.1, -0.05) is 0 Å². The Bertz CT molecular complexity index is 1130. The molecule has 4 rings (SSSR count). The highest BCUT2D eigenvalue weighted by Crippen LogP contribution is 2.20. The number of nitrogens with zero attached hydrogens (tertiary/aromatic N) is 3. The maximum atomic E-state index is 12.4. The Kier molecular flexibility index (Phi) is 4.26. The number of imidazole rings is 1. The van der Waals surface area contributed by atoms with Gasteiger partial charge in [-0.15, -0.1) is 0 Å². The second-order valence-corrected chi connectivity index (χ2v) is 6.59. The number of aromatic amines is 1. The molecule has 0 aliphatic rings. The van der Waals surface area contributed by atoms with Gasteiger partial charge in [0, 0.05) is 28.3 Å². The van der Waals surface area contributed by atoms with E-state index in [1.54, 1.807) is 25.6 Å². The number of rotatable bonds is 4. The summed E-state index contributed by atoms with van der Waals surface area (Å²) in [6, 6.07) is 9.24. The van der Waals surface area contributed by atoms with Crippen LogP contribution in [0.5, 0.6) is 5.75 Å². The largest absolute Gasteiger partial charge is 0.497 e. The van der Waals surface area contributed by atoms with Gasteiger partial charge in [-0.3, -0.25) is 9.78 Å². The smallest absolute Gasteiger partial charge is 0.253 e. The lowest BCUT2D eigenvalue weighted by molar-refractivity contribution is 0.0950. The number of hydrogen-bond acceptors (Lipinski definition) is 5. The van der Waals surface area contributed by atoms with Crippen molar-refractivity contribution >= 4 is 43.9 Å². The van der Waals surface area contributed by atoms with Crippen LogP contribution in [0.4, 0.5) is 0 Å². The summed E-state index contributed by atoms with van der Waals surface area (Å²) in [6.45, 7) is 0.271. The molecule has 4 aromatic rings. The second kappa shape index (κ2) is 6.72. The first-order valence-electron chi connectivity index (χ1n) is 7.84. The fraction of sp³-hybridized carbons (Fsp3) is 0.111. The monoisotopic (exact) mass is 411 g/mol. The van der Waals surface area contributed by atoms with Crippen molar-refractivity contribution in [3.63, 3.8) is 0 Å². The highest BCUT2D eigenvalue weighted by atomic mass is 79.9. The van der Waals surface area contributed by atoms with Gasteiger partial charge in [0.2, 0.25) is 0 Å². The lowest BCUT2D eigenvalue weighted by Crippen LogP contribution is -2.23. The number of amides is 1. The second-order valence-electron chi connectivity index (χ2n) is 5.67. The molecule has 0 unspecified atom stereocenters. The third-order valence-electron chi connectivity index (χ3n) is 3.92. The zero-order chi connectivity index (χ0) is 18.1. The first kappa shape index (κ1) is 16.5. The summed E-state index contributed by atoms with van der Waals surface area (Å²) >= 11 is 3.37. The Hall–Kier alpha value is -3.00. The number of ether oxygens (including phenoxy) is 1. The molecule has 0 spiro atoms. The van der Waals surface area contributed by atoms with E-state index in [2.05, 4.69) is 41.2 Å². The first-order valence-corrected chi connectivity index (χ1v) is 8.64. The minimum Gasteiger partial charge on any atom is -0.497 e. The summed E-state index contributed by atoms with van der Waals surface area (Å²) < 4.78 is 6.05. The van der Waals surface area contributed by atoms with Gasteiger partial charge in [0.05, 0.1) is 30.3 Å². The molecule has 3 heterocycles. The van der Waals surface area contributed by atoms with Crippen LogP contribution in [0.1, 0.15) is 16.2 Å². The van der Waals surface area contributed by atoms with E-state index in [-0.39, 0.29) is 12.5 Å². The van der Waals surface area contributed by atoms with E-state index in [9.17, 15) is 4.79 Å². The van der Waals surface area contributed by atoms with Crippen LogP contribution >= 0.6 is 15.9 Å². The quantitative estimate of drug-likeness (QED) is 0.537. The van der Waals surface area contributed by atoms with E-state index < -0.39 is 0 Å². The number of aromatic nitrogens is 4. The fourth-order valence-corrected chi connectivity index (χ4v) is 2.96. The predicted molar refractivity (Wildman–Crippen MR) is 101 cm³/mol. The minimum absolute atomic E-state index is 0.218. The van der Waals surface area contributed by atoms with Gasteiger partial charge >= 0.3 is 0 Å². The summed E-state index contributed by atoms with van der Waals surface area (Å²) in [4.78, 5) is 28.5. The van der Waals surface area contributed by atoms with Crippen molar-refractivity contribution in [3.05, 3.63) is 58.6 Å². The van der Waals surface area contributed by atoms with Gasteiger partial charge < -0.3 is 15.0 Å². The molecule has 130 valence electrons. The van der Waals surface area contributed by atoms with Gasteiger partial charge in [-0.2, -0.15) is 0 Å². The molecule has 0 fully saturated rings. The number of pyridine rings is 2. The lowest BCUT2D eigenvalue weighted by Gasteiger charge is -2.06. The standard InChI is InChI=1S/C18H14BrN5O2/c1-26-13-3-2-10-4-11(7-20-14(10)6-13)18(25)22-9-16-23-15-5-12(19)8-21-17(15)24-16/h2-8H,9H2,1H3,(H,22,25)(H,21,23,24). The van der Waals surface area contributed by atoms with Crippen molar-refractivity contribution < 1.29 is 9.53 Å². The molecule has 7 nitrogen and oxygen atoms in total.